The summed E-state index contributed by atoms with van der Waals surface area (Å²) in [6, 6.07) is 6.97. The average Bonchev–Trinajstić information content (AvgIpc) is 2.86. The van der Waals surface area contributed by atoms with E-state index >= 15 is 4.39 Å². The fourth-order valence-electron chi connectivity index (χ4n) is 4.58. The number of amides is 1. The van der Waals surface area contributed by atoms with Crippen LogP contribution >= 0.6 is 15.9 Å². The lowest BCUT2D eigenvalue weighted by Gasteiger charge is -2.31. The predicted octanol–water partition coefficient (Wildman–Crippen LogP) is 3.87. The highest BCUT2D eigenvalue weighted by molar-refractivity contribution is 9.10. The van der Waals surface area contributed by atoms with Gasteiger partial charge in [0.25, 0.3) is 5.91 Å². The van der Waals surface area contributed by atoms with Crippen LogP contribution in [-0.2, 0) is 4.74 Å². The third-order valence-electron chi connectivity index (χ3n) is 6.56. The number of aliphatic hydroxyl groups is 2. The molecule has 2 aromatic carbocycles. The van der Waals surface area contributed by atoms with Crippen LogP contribution in [0.3, 0.4) is 0 Å². The number of carbonyl (C=O) groups is 1. The molecule has 8 nitrogen and oxygen atoms in total. The maximum atomic E-state index is 15.1. The second-order valence-corrected chi connectivity index (χ2v) is 9.90. The zero-order valence-electron chi connectivity index (χ0n) is 20.0. The second kappa shape index (κ2) is 11.6. The molecular weight excluding hydrogens is 550 g/mol. The number of aliphatic hydroxyl groups excluding tert-OH is 2. The summed E-state index contributed by atoms with van der Waals surface area (Å²) in [5, 5.41) is 22.6. The molecule has 0 saturated heterocycles. The second-order valence-electron chi connectivity index (χ2n) is 8.99. The standard InChI is InChI=1S/C26H27BrF2N4O4/c1-37-23-5-3-13(9-22(23)35)20-11-31-25(30)24(32-20)14-2-4-18(19(29)8-14)26(36)33-21(12-34)15-6-16(27)10-17(28)7-15/h2,4,6-8,10-11,13,21-23,34-35H,3,5,9,12H2,1H3,(H2,30,31)(H,33,36)/t13-,21?,22-,23-/m0/s1. The maximum Gasteiger partial charge on any atom is 0.254 e. The van der Waals surface area contributed by atoms with Crippen molar-refractivity contribution in [1.82, 2.24) is 15.3 Å². The van der Waals surface area contributed by atoms with Gasteiger partial charge in [-0.05, 0) is 55.2 Å². The van der Waals surface area contributed by atoms with Gasteiger partial charge in [0.2, 0.25) is 0 Å². The number of methoxy groups -OCH3 is 1. The van der Waals surface area contributed by atoms with Gasteiger partial charge in [-0.25, -0.2) is 18.7 Å². The number of carbonyl (C=O) groups excluding carboxylic acids is 1. The molecule has 196 valence electrons. The Labute approximate surface area is 221 Å². The lowest BCUT2D eigenvalue weighted by atomic mass is 9.83. The Balaban J connectivity index is 1.55. The number of nitrogen functional groups attached to an aromatic ring is 1. The van der Waals surface area contributed by atoms with Crippen LogP contribution in [-0.4, -0.2) is 52.0 Å². The lowest BCUT2D eigenvalue weighted by Crippen LogP contribution is -2.34. The van der Waals surface area contributed by atoms with E-state index in [4.69, 9.17) is 10.5 Å². The molecule has 0 aliphatic heterocycles. The van der Waals surface area contributed by atoms with Crippen LogP contribution < -0.4 is 11.1 Å². The molecule has 1 aliphatic carbocycles. The first kappa shape index (κ1) is 27.1. The van der Waals surface area contributed by atoms with E-state index in [1.807, 2.05) is 0 Å². The number of aromatic nitrogens is 2. The van der Waals surface area contributed by atoms with E-state index in [0.717, 1.165) is 12.5 Å². The van der Waals surface area contributed by atoms with Crippen LogP contribution in [0, 0.1) is 11.6 Å². The van der Waals surface area contributed by atoms with Gasteiger partial charge in [-0.3, -0.25) is 4.79 Å². The van der Waals surface area contributed by atoms with Crippen LogP contribution in [0.15, 0.2) is 47.1 Å². The first-order chi connectivity index (χ1) is 17.7. The molecule has 11 heteroatoms. The van der Waals surface area contributed by atoms with Gasteiger partial charge in [0, 0.05) is 23.1 Å². The van der Waals surface area contributed by atoms with Crippen molar-refractivity contribution in [2.45, 2.75) is 43.4 Å². The van der Waals surface area contributed by atoms with E-state index in [0.29, 0.717) is 34.1 Å². The van der Waals surface area contributed by atoms with Crippen molar-refractivity contribution >= 4 is 27.7 Å². The van der Waals surface area contributed by atoms with Crippen molar-refractivity contribution in [2.75, 3.05) is 19.5 Å². The molecule has 1 aliphatic rings. The van der Waals surface area contributed by atoms with Crippen molar-refractivity contribution in [1.29, 1.82) is 0 Å². The number of nitrogens with zero attached hydrogens (tertiary/aromatic N) is 2. The molecule has 1 saturated carbocycles. The van der Waals surface area contributed by atoms with E-state index in [9.17, 15) is 19.4 Å². The predicted molar refractivity (Wildman–Crippen MR) is 137 cm³/mol. The van der Waals surface area contributed by atoms with Gasteiger partial charge in [0.15, 0.2) is 0 Å². The quantitative estimate of drug-likeness (QED) is 0.336. The van der Waals surface area contributed by atoms with Crippen LogP contribution in [0.2, 0.25) is 0 Å². The van der Waals surface area contributed by atoms with Crippen LogP contribution in [0.4, 0.5) is 14.6 Å². The molecule has 0 bridgehead atoms. The zero-order valence-corrected chi connectivity index (χ0v) is 21.6. The molecule has 5 N–H and O–H groups in total. The fourth-order valence-corrected chi connectivity index (χ4v) is 5.06. The lowest BCUT2D eigenvalue weighted by molar-refractivity contribution is -0.0414. The minimum absolute atomic E-state index is 0.0542. The van der Waals surface area contributed by atoms with Crippen molar-refractivity contribution in [3.63, 3.8) is 0 Å². The topological polar surface area (TPSA) is 131 Å². The third kappa shape index (κ3) is 6.12. The number of nitrogens with one attached hydrogen (secondary N) is 1. The summed E-state index contributed by atoms with van der Waals surface area (Å²) in [5.41, 5.74) is 7.33. The summed E-state index contributed by atoms with van der Waals surface area (Å²) in [6.45, 7) is -0.513. The minimum Gasteiger partial charge on any atom is -0.394 e. The van der Waals surface area contributed by atoms with E-state index in [1.165, 1.54) is 24.3 Å². The first-order valence-electron chi connectivity index (χ1n) is 11.7. The average molecular weight is 577 g/mol. The van der Waals surface area contributed by atoms with Gasteiger partial charge in [0.05, 0.1) is 42.3 Å². The van der Waals surface area contributed by atoms with Crippen molar-refractivity contribution in [3.8, 4) is 11.3 Å². The summed E-state index contributed by atoms with van der Waals surface area (Å²) in [7, 11) is 1.57. The third-order valence-corrected chi connectivity index (χ3v) is 7.02. The van der Waals surface area contributed by atoms with E-state index in [2.05, 4.69) is 31.2 Å². The number of hydrogen-bond donors (Lipinski definition) is 4. The van der Waals surface area contributed by atoms with Crippen molar-refractivity contribution in [2.24, 2.45) is 0 Å². The highest BCUT2D eigenvalue weighted by Crippen LogP contribution is 2.35. The molecule has 0 spiro atoms. The van der Waals surface area contributed by atoms with Gasteiger partial charge in [-0.1, -0.05) is 22.0 Å². The number of ether oxygens (including phenoxy) is 1. The molecular formula is C26H27BrF2N4O4. The van der Waals surface area contributed by atoms with Gasteiger partial charge < -0.3 is 26.0 Å². The Kier molecular flexibility index (Phi) is 8.48. The Morgan fingerprint density at radius 3 is 2.70 bits per heavy atom. The van der Waals surface area contributed by atoms with E-state index in [1.54, 1.807) is 19.4 Å². The molecule has 0 radical (unpaired) electrons. The number of hydrogen-bond acceptors (Lipinski definition) is 7. The van der Waals surface area contributed by atoms with E-state index in [-0.39, 0.29) is 29.1 Å². The van der Waals surface area contributed by atoms with Crippen molar-refractivity contribution < 1.29 is 28.5 Å². The molecule has 4 rings (SSSR count). The monoisotopic (exact) mass is 576 g/mol. The fraction of sp³-hybridized carbons (Fsp3) is 0.346. The number of rotatable bonds is 7. The summed E-state index contributed by atoms with van der Waals surface area (Å²) < 4.78 is 34.6. The molecule has 1 aromatic heterocycles. The van der Waals surface area contributed by atoms with Crippen LogP contribution in [0.5, 0.6) is 0 Å². The molecule has 1 unspecified atom stereocenters. The number of anilines is 1. The molecule has 37 heavy (non-hydrogen) atoms. The first-order valence-corrected chi connectivity index (χ1v) is 12.5. The number of benzene rings is 2. The highest BCUT2D eigenvalue weighted by atomic mass is 79.9. The molecule has 4 atom stereocenters. The number of nitrogens with two attached hydrogens (primary N) is 1. The SMILES string of the molecule is CO[C@H]1CC[C@H](c2cnc(N)c(-c3ccc(C(=O)NC(CO)c4cc(F)cc(Br)c4)c(F)c3)n2)C[C@@H]1O. The number of halogens is 3. The van der Waals surface area contributed by atoms with E-state index < -0.39 is 36.3 Å². The Bertz CT molecular complexity index is 1280. The smallest absolute Gasteiger partial charge is 0.254 e. The maximum absolute atomic E-state index is 15.1. The van der Waals surface area contributed by atoms with Crippen molar-refractivity contribution in [3.05, 3.63) is 75.5 Å². The highest BCUT2D eigenvalue weighted by Gasteiger charge is 2.31. The Morgan fingerprint density at radius 1 is 1.27 bits per heavy atom. The zero-order chi connectivity index (χ0) is 26.7. The molecule has 1 heterocycles. The Hall–Kier alpha value is -2.99. The van der Waals surface area contributed by atoms with Gasteiger partial charge in [0.1, 0.15) is 23.1 Å². The summed E-state index contributed by atoms with van der Waals surface area (Å²) in [4.78, 5) is 21.6. The van der Waals surface area contributed by atoms with Gasteiger partial charge in [-0.2, -0.15) is 0 Å². The normalized spacial score (nSPS) is 20.4. The Morgan fingerprint density at radius 2 is 2.05 bits per heavy atom. The largest absolute Gasteiger partial charge is 0.394 e. The molecule has 1 fully saturated rings. The van der Waals surface area contributed by atoms with Gasteiger partial charge >= 0.3 is 0 Å². The summed E-state index contributed by atoms with van der Waals surface area (Å²) in [6.07, 6.45) is 2.58. The molecule has 1 amide bonds. The summed E-state index contributed by atoms with van der Waals surface area (Å²) in [5.74, 6) is -2.10. The van der Waals surface area contributed by atoms with Crippen LogP contribution in [0.1, 0.15) is 52.8 Å². The van der Waals surface area contributed by atoms with Gasteiger partial charge in [-0.15, -0.1) is 0 Å². The molecule has 3 aromatic rings. The van der Waals surface area contributed by atoms with Crippen LogP contribution in [0.25, 0.3) is 11.3 Å². The summed E-state index contributed by atoms with van der Waals surface area (Å²) >= 11 is 3.17. The minimum atomic E-state index is -0.944.